The van der Waals surface area contributed by atoms with E-state index in [9.17, 15) is 0 Å². The largest absolute Gasteiger partial charge is 0.381 e. The minimum atomic E-state index is 0.608. The summed E-state index contributed by atoms with van der Waals surface area (Å²) in [7, 11) is 3.91. The summed E-state index contributed by atoms with van der Waals surface area (Å²) >= 11 is 0. The molecule has 23 heavy (non-hydrogen) atoms. The van der Waals surface area contributed by atoms with E-state index in [1.807, 2.05) is 31.6 Å². The maximum atomic E-state index is 5.45. The summed E-state index contributed by atoms with van der Waals surface area (Å²) < 4.78 is 7.61. The van der Waals surface area contributed by atoms with Crippen LogP contribution in [0.5, 0.6) is 0 Å². The van der Waals surface area contributed by atoms with Crippen molar-refractivity contribution in [1.82, 2.24) is 19.8 Å². The molecule has 1 aromatic heterocycles. The van der Waals surface area contributed by atoms with Gasteiger partial charge >= 0.3 is 0 Å². The van der Waals surface area contributed by atoms with Crippen LogP contribution in [-0.2, 0) is 11.3 Å². The van der Waals surface area contributed by atoms with Gasteiger partial charge in [0, 0.05) is 46.3 Å². The van der Waals surface area contributed by atoms with Crippen molar-refractivity contribution in [2.75, 3.05) is 40.4 Å². The van der Waals surface area contributed by atoms with E-state index in [1.54, 1.807) is 0 Å². The number of hydrogen-bond acceptors (Lipinski definition) is 3. The van der Waals surface area contributed by atoms with Crippen LogP contribution in [0.3, 0.4) is 0 Å². The second kappa shape index (κ2) is 7.46. The van der Waals surface area contributed by atoms with E-state index < -0.39 is 0 Å². The van der Waals surface area contributed by atoms with Crippen LogP contribution >= 0.6 is 0 Å². The Kier molecular flexibility index (Phi) is 5.12. The van der Waals surface area contributed by atoms with Crippen LogP contribution in [0.15, 0.2) is 35.6 Å². The number of hydrogen-bond donors (Lipinski definition) is 1. The number of guanidine groups is 1. The highest BCUT2D eigenvalue weighted by molar-refractivity contribution is 5.79. The van der Waals surface area contributed by atoms with Crippen LogP contribution in [0.25, 0.3) is 11.0 Å². The van der Waals surface area contributed by atoms with Crippen LogP contribution in [-0.4, -0.2) is 60.8 Å². The monoisotopic (exact) mass is 315 g/mol. The third-order valence-corrected chi connectivity index (χ3v) is 4.29. The standard InChI is InChI=1S/C17H25N5O/c1-18-17(21(2)11-14-7-10-23-12-14)19-8-9-22-13-20-15-5-3-4-6-16(15)22/h3-6,13-14H,7-12H2,1-2H3,(H,18,19). The van der Waals surface area contributed by atoms with Crippen molar-refractivity contribution in [2.45, 2.75) is 13.0 Å². The van der Waals surface area contributed by atoms with Gasteiger partial charge in [0.25, 0.3) is 0 Å². The lowest BCUT2D eigenvalue weighted by Gasteiger charge is -2.24. The fourth-order valence-corrected chi connectivity index (χ4v) is 3.06. The Morgan fingerprint density at radius 3 is 3.13 bits per heavy atom. The van der Waals surface area contributed by atoms with Gasteiger partial charge in [0.1, 0.15) is 0 Å². The van der Waals surface area contributed by atoms with Crippen molar-refractivity contribution in [3.63, 3.8) is 0 Å². The predicted octanol–water partition coefficient (Wildman–Crippen LogP) is 1.58. The van der Waals surface area contributed by atoms with E-state index in [-0.39, 0.29) is 0 Å². The van der Waals surface area contributed by atoms with E-state index in [2.05, 4.69) is 37.9 Å². The normalized spacial score (nSPS) is 18.5. The molecule has 1 aromatic carbocycles. The number of nitrogens with zero attached hydrogens (tertiary/aromatic N) is 4. The Bertz CT molecular complexity index is 660. The van der Waals surface area contributed by atoms with Crippen LogP contribution in [0.2, 0.25) is 0 Å². The molecule has 0 bridgehead atoms. The summed E-state index contributed by atoms with van der Waals surface area (Å²) in [4.78, 5) is 11.0. The average molecular weight is 315 g/mol. The molecule has 6 nitrogen and oxygen atoms in total. The number of imidazole rings is 1. The van der Waals surface area contributed by atoms with Gasteiger partial charge in [-0.3, -0.25) is 4.99 Å². The zero-order valence-corrected chi connectivity index (χ0v) is 13.9. The fourth-order valence-electron chi connectivity index (χ4n) is 3.06. The first-order valence-corrected chi connectivity index (χ1v) is 8.17. The maximum Gasteiger partial charge on any atom is 0.193 e. The second-order valence-corrected chi connectivity index (χ2v) is 6.01. The number of nitrogens with one attached hydrogen (secondary N) is 1. The topological polar surface area (TPSA) is 54.7 Å². The van der Waals surface area contributed by atoms with E-state index in [4.69, 9.17) is 4.74 Å². The zero-order valence-electron chi connectivity index (χ0n) is 13.9. The van der Waals surface area contributed by atoms with Crippen molar-refractivity contribution >= 4 is 17.0 Å². The maximum absolute atomic E-state index is 5.45. The zero-order chi connectivity index (χ0) is 16.1. The summed E-state index contributed by atoms with van der Waals surface area (Å²) in [6.07, 6.45) is 3.04. The van der Waals surface area contributed by atoms with Crippen molar-refractivity contribution < 1.29 is 4.74 Å². The van der Waals surface area contributed by atoms with Gasteiger partial charge in [-0.2, -0.15) is 0 Å². The molecule has 1 unspecified atom stereocenters. The smallest absolute Gasteiger partial charge is 0.193 e. The Morgan fingerprint density at radius 1 is 1.48 bits per heavy atom. The quantitative estimate of drug-likeness (QED) is 0.672. The predicted molar refractivity (Wildman–Crippen MR) is 92.7 cm³/mol. The van der Waals surface area contributed by atoms with E-state index >= 15 is 0 Å². The lowest BCUT2D eigenvalue weighted by molar-refractivity contribution is 0.181. The van der Waals surface area contributed by atoms with Crippen LogP contribution in [0.4, 0.5) is 0 Å². The molecular weight excluding hydrogens is 290 g/mol. The highest BCUT2D eigenvalue weighted by atomic mass is 16.5. The Hall–Kier alpha value is -2.08. The molecule has 1 fully saturated rings. The number of aliphatic imine (C=N–C) groups is 1. The summed E-state index contributed by atoms with van der Waals surface area (Å²) in [6, 6.07) is 8.20. The molecule has 1 atom stereocenters. The summed E-state index contributed by atoms with van der Waals surface area (Å²) in [5, 5.41) is 3.43. The molecule has 3 rings (SSSR count). The molecule has 2 heterocycles. The molecule has 124 valence electrons. The number of aromatic nitrogens is 2. The lowest BCUT2D eigenvalue weighted by atomic mass is 10.1. The first-order valence-electron chi connectivity index (χ1n) is 8.17. The summed E-state index contributed by atoms with van der Waals surface area (Å²) in [5.74, 6) is 1.54. The first-order chi connectivity index (χ1) is 11.3. The minimum Gasteiger partial charge on any atom is -0.381 e. The molecule has 0 spiro atoms. The SMILES string of the molecule is CN=C(NCCn1cnc2ccccc21)N(C)CC1CCOC1. The van der Waals surface area contributed by atoms with Gasteiger partial charge in [0.15, 0.2) is 5.96 Å². The van der Waals surface area contributed by atoms with Gasteiger partial charge < -0.3 is 19.5 Å². The fraction of sp³-hybridized carbons (Fsp3) is 0.529. The molecule has 1 aliphatic heterocycles. The number of benzene rings is 1. The van der Waals surface area contributed by atoms with Crippen LogP contribution < -0.4 is 5.32 Å². The molecule has 6 heteroatoms. The minimum absolute atomic E-state index is 0.608. The molecule has 0 aliphatic carbocycles. The summed E-state index contributed by atoms with van der Waals surface area (Å²) in [5.41, 5.74) is 2.20. The van der Waals surface area contributed by atoms with Gasteiger partial charge in [0.05, 0.1) is 24.0 Å². The van der Waals surface area contributed by atoms with Gasteiger partial charge in [0.2, 0.25) is 0 Å². The Morgan fingerprint density at radius 2 is 2.35 bits per heavy atom. The molecule has 1 aliphatic rings. The molecule has 1 saturated heterocycles. The van der Waals surface area contributed by atoms with Gasteiger partial charge in [-0.25, -0.2) is 4.98 Å². The third-order valence-electron chi connectivity index (χ3n) is 4.29. The number of ether oxygens (including phenoxy) is 1. The molecule has 0 amide bonds. The van der Waals surface area contributed by atoms with Crippen molar-refractivity contribution in [3.05, 3.63) is 30.6 Å². The van der Waals surface area contributed by atoms with Crippen LogP contribution in [0, 0.1) is 5.92 Å². The Labute approximate surface area is 137 Å². The van der Waals surface area contributed by atoms with Crippen molar-refractivity contribution in [3.8, 4) is 0 Å². The molecule has 1 N–H and O–H groups in total. The van der Waals surface area contributed by atoms with Gasteiger partial charge in [-0.05, 0) is 18.6 Å². The summed E-state index contributed by atoms with van der Waals surface area (Å²) in [6.45, 7) is 4.41. The lowest BCUT2D eigenvalue weighted by Crippen LogP contribution is -2.42. The van der Waals surface area contributed by atoms with Crippen molar-refractivity contribution in [2.24, 2.45) is 10.9 Å². The second-order valence-electron chi connectivity index (χ2n) is 6.01. The highest BCUT2D eigenvalue weighted by Crippen LogP contribution is 2.13. The molecule has 2 aromatic rings. The van der Waals surface area contributed by atoms with Crippen LogP contribution in [0.1, 0.15) is 6.42 Å². The molecular formula is C17H25N5O. The average Bonchev–Trinajstić information content (AvgIpc) is 3.21. The third kappa shape index (κ3) is 3.82. The van der Waals surface area contributed by atoms with Gasteiger partial charge in [-0.15, -0.1) is 0 Å². The molecule has 0 radical (unpaired) electrons. The van der Waals surface area contributed by atoms with Crippen molar-refractivity contribution in [1.29, 1.82) is 0 Å². The first kappa shape index (κ1) is 15.8. The van der Waals surface area contributed by atoms with E-state index in [0.717, 1.165) is 50.7 Å². The van der Waals surface area contributed by atoms with E-state index in [1.165, 1.54) is 5.52 Å². The number of para-hydroxylation sites is 2. The Balaban J connectivity index is 1.51. The highest BCUT2D eigenvalue weighted by Gasteiger charge is 2.18. The van der Waals surface area contributed by atoms with Gasteiger partial charge in [-0.1, -0.05) is 12.1 Å². The number of fused-ring (bicyclic) bond motifs is 1. The van der Waals surface area contributed by atoms with E-state index in [0.29, 0.717) is 5.92 Å². The molecule has 0 saturated carbocycles. The number of rotatable bonds is 5.